The maximum absolute atomic E-state index is 12.5. The fourth-order valence-corrected chi connectivity index (χ4v) is 3.82. The summed E-state index contributed by atoms with van der Waals surface area (Å²) in [6.07, 6.45) is 6.68. The lowest BCUT2D eigenvalue weighted by Crippen LogP contribution is -2.46. The van der Waals surface area contributed by atoms with Gasteiger partial charge in [0.1, 0.15) is 5.76 Å². The van der Waals surface area contributed by atoms with Crippen molar-refractivity contribution in [3.05, 3.63) is 24.2 Å². The first-order valence-corrected chi connectivity index (χ1v) is 9.24. The number of likely N-dealkylation sites (tertiary alicyclic amines) is 2. The van der Waals surface area contributed by atoms with Gasteiger partial charge in [-0.25, -0.2) is 4.79 Å². The van der Waals surface area contributed by atoms with Crippen molar-refractivity contribution < 1.29 is 14.0 Å². The Labute approximate surface area is 148 Å². The summed E-state index contributed by atoms with van der Waals surface area (Å²) in [5, 5.41) is 3.11. The molecule has 0 bridgehead atoms. The third-order valence-corrected chi connectivity index (χ3v) is 5.35. The molecule has 1 aromatic rings. The van der Waals surface area contributed by atoms with E-state index in [1.807, 2.05) is 12.1 Å². The minimum absolute atomic E-state index is 0.0470. The van der Waals surface area contributed by atoms with E-state index in [0.717, 1.165) is 18.8 Å². The predicted octanol–water partition coefficient (Wildman–Crippen LogP) is 1.71. The molecule has 3 N–H and O–H groups in total. The third kappa shape index (κ3) is 4.54. The predicted molar refractivity (Wildman–Crippen MR) is 93.8 cm³/mol. The summed E-state index contributed by atoms with van der Waals surface area (Å²) < 4.78 is 5.62. The second-order valence-electron chi connectivity index (χ2n) is 6.97. The van der Waals surface area contributed by atoms with Gasteiger partial charge in [-0.2, -0.15) is 0 Å². The van der Waals surface area contributed by atoms with Crippen LogP contribution in [0.15, 0.2) is 22.8 Å². The van der Waals surface area contributed by atoms with Crippen molar-refractivity contribution in [3.63, 3.8) is 0 Å². The van der Waals surface area contributed by atoms with E-state index < -0.39 is 6.03 Å². The third-order valence-electron chi connectivity index (χ3n) is 5.35. The maximum Gasteiger partial charge on any atom is 0.314 e. The van der Waals surface area contributed by atoms with Crippen molar-refractivity contribution in [2.75, 3.05) is 32.7 Å². The molecule has 138 valence electrons. The molecule has 3 heterocycles. The average molecular weight is 348 g/mol. The molecule has 0 saturated carbocycles. The second kappa shape index (κ2) is 8.38. The van der Waals surface area contributed by atoms with E-state index in [0.29, 0.717) is 32.5 Å². The molecule has 7 heteroatoms. The molecule has 7 nitrogen and oxygen atoms in total. The largest absolute Gasteiger partial charge is 0.468 e. The Morgan fingerprint density at radius 2 is 1.92 bits per heavy atom. The molecular formula is C18H28N4O3. The summed E-state index contributed by atoms with van der Waals surface area (Å²) in [6, 6.07) is 3.57. The van der Waals surface area contributed by atoms with Crippen molar-refractivity contribution in [1.29, 1.82) is 0 Å². The Morgan fingerprint density at radius 1 is 1.20 bits per heavy atom. The number of hydrogen-bond acceptors (Lipinski definition) is 4. The van der Waals surface area contributed by atoms with Crippen molar-refractivity contribution in [1.82, 2.24) is 15.1 Å². The van der Waals surface area contributed by atoms with Crippen LogP contribution >= 0.6 is 0 Å². The molecule has 1 aromatic heterocycles. The highest BCUT2D eigenvalue weighted by Gasteiger charge is 2.29. The van der Waals surface area contributed by atoms with Crippen LogP contribution in [-0.2, 0) is 4.79 Å². The van der Waals surface area contributed by atoms with Gasteiger partial charge in [0, 0.05) is 25.6 Å². The van der Waals surface area contributed by atoms with Gasteiger partial charge in [-0.3, -0.25) is 9.69 Å². The van der Waals surface area contributed by atoms with Gasteiger partial charge in [0.15, 0.2) is 0 Å². The van der Waals surface area contributed by atoms with E-state index in [9.17, 15) is 9.59 Å². The van der Waals surface area contributed by atoms with Crippen LogP contribution in [0.25, 0.3) is 0 Å². The zero-order valence-electron chi connectivity index (χ0n) is 14.7. The first-order chi connectivity index (χ1) is 12.1. The standard InChI is InChI=1S/C18H28N4O3/c19-18(24)22-10-6-14(7-11-22)17(23)20-13-15(16-5-4-12-25-16)21-8-2-1-3-9-21/h4-5,12,14-15H,1-3,6-11,13H2,(H2,19,24)(H,20,23)/t15-/m1/s1. The topological polar surface area (TPSA) is 91.8 Å². The zero-order valence-corrected chi connectivity index (χ0v) is 14.7. The van der Waals surface area contributed by atoms with Crippen molar-refractivity contribution in [3.8, 4) is 0 Å². The molecule has 2 fully saturated rings. The van der Waals surface area contributed by atoms with Gasteiger partial charge in [0.25, 0.3) is 0 Å². The summed E-state index contributed by atoms with van der Waals surface area (Å²) in [5.41, 5.74) is 5.29. The van der Waals surface area contributed by atoms with Gasteiger partial charge in [-0.15, -0.1) is 0 Å². The molecule has 2 aliphatic heterocycles. The molecule has 0 aliphatic carbocycles. The normalized spacial score (nSPS) is 21.0. The van der Waals surface area contributed by atoms with Crippen LogP contribution < -0.4 is 11.1 Å². The van der Waals surface area contributed by atoms with E-state index in [2.05, 4.69) is 10.2 Å². The van der Waals surface area contributed by atoms with E-state index in [-0.39, 0.29) is 17.9 Å². The molecular weight excluding hydrogens is 320 g/mol. The minimum atomic E-state index is -0.401. The fourth-order valence-electron chi connectivity index (χ4n) is 3.82. The molecule has 3 amide bonds. The Bertz CT molecular complexity index is 561. The molecule has 0 spiro atoms. The molecule has 2 aliphatic rings. The van der Waals surface area contributed by atoms with E-state index in [1.54, 1.807) is 11.2 Å². The first kappa shape index (κ1) is 17.8. The zero-order chi connectivity index (χ0) is 17.6. The Kier molecular flexibility index (Phi) is 5.96. The highest BCUT2D eigenvalue weighted by molar-refractivity contribution is 5.79. The lowest BCUT2D eigenvalue weighted by molar-refractivity contribution is -0.126. The average Bonchev–Trinajstić information content (AvgIpc) is 3.17. The van der Waals surface area contributed by atoms with Crippen LogP contribution in [-0.4, -0.2) is 54.5 Å². The molecule has 0 aromatic carbocycles. The number of nitrogens with zero attached hydrogens (tertiary/aromatic N) is 2. The lowest BCUT2D eigenvalue weighted by Gasteiger charge is -2.34. The summed E-state index contributed by atoms with van der Waals surface area (Å²) in [7, 11) is 0. The van der Waals surface area contributed by atoms with E-state index in [1.165, 1.54) is 19.3 Å². The Morgan fingerprint density at radius 3 is 2.52 bits per heavy atom. The van der Waals surface area contributed by atoms with Gasteiger partial charge >= 0.3 is 6.03 Å². The van der Waals surface area contributed by atoms with Crippen LogP contribution in [0.5, 0.6) is 0 Å². The number of nitrogens with two attached hydrogens (primary N) is 1. The number of furan rings is 1. The minimum Gasteiger partial charge on any atom is -0.468 e. The number of hydrogen-bond donors (Lipinski definition) is 2. The molecule has 0 radical (unpaired) electrons. The molecule has 1 atom stereocenters. The SMILES string of the molecule is NC(=O)N1CCC(C(=O)NC[C@H](c2ccco2)N2CCCCC2)CC1. The van der Waals surface area contributed by atoms with Crippen LogP contribution in [0.1, 0.15) is 43.9 Å². The summed E-state index contributed by atoms with van der Waals surface area (Å²) in [4.78, 5) is 27.7. The van der Waals surface area contributed by atoms with Gasteiger partial charge in [0.05, 0.1) is 12.3 Å². The Balaban J connectivity index is 1.54. The van der Waals surface area contributed by atoms with Crippen molar-refractivity contribution in [2.24, 2.45) is 11.7 Å². The van der Waals surface area contributed by atoms with Crippen LogP contribution in [0, 0.1) is 5.92 Å². The van der Waals surface area contributed by atoms with Gasteiger partial charge in [-0.1, -0.05) is 6.42 Å². The summed E-state index contributed by atoms with van der Waals surface area (Å²) >= 11 is 0. The monoisotopic (exact) mass is 348 g/mol. The quantitative estimate of drug-likeness (QED) is 0.847. The molecule has 3 rings (SSSR count). The summed E-state index contributed by atoms with van der Waals surface area (Å²) in [5.74, 6) is 0.928. The highest BCUT2D eigenvalue weighted by Crippen LogP contribution is 2.25. The molecule has 2 saturated heterocycles. The number of nitrogens with one attached hydrogen (secondary N) is 1. The maximum atomic E-state index is 12.5. The lowest BCUT2D eigenvalue weighted by atomic mass is 9.96. The van der Waals surface area contributed by atoms with Crippen LogP contribution in [0.4, 0.5) is 4.79 Å². The van der Waals surface area contributed by atoms with Gasteiger partial charge in [0.2, 0.25) is 5.91 Å². The van der Waals surface area contributed by atoms with Crippen LogP contribution in [0.2, 0.25) is 0 Å². The molecule has 0 unspecified atom stereocenters. The van der Waals surface area contributed by atoms with Gasteiger partial charge in [-0.05, 0) is 50.9 Å². The second-order valence-corrected chi connectivity index (χ2v) is 6.97. The summed E-state index contributed by atoms with van der Waals surface area (Å²) in [6.45, 7) is 3.75. The number of amides is 3. The van der Waals surface area contributed by atoms with E-state index in [4.69, 9.17) is 10.2 Å². The fraction of sp³-hybridized carbons (Fsp3) is 0.667. The number of rotatable bonds is 5. The van der Waals surface area contributed by atoms with Crippen LogP contribution in [0.3, 0.4) is 0 Å². The van der Waals surface area contributed by atoms with E-state index >= 15 is 0 Å². The van der Waals surface area contributed by atoms with Crippen molar-refractivity contribution in [2.45, 2.75) is 38.1 Å². The highest BCUT2D eigenvalue weighted by atomic mass is 16.3. The number of urea groups is 1. The van der Waals surface area contributed by atoms with Crippen molar-refractivity contribution >= 4 is 11.9 Å². The van der Waals surface area contributed by atoms with Gasteiger partial charge < -0.3 is 20.4 Å². The number of primary amides is 1. The number of piperidine rings is 2. The smallest absolute Gasteiger partial charge is 0.314 e. The molecule has 25 heavy (non-hydrogen) atoms. The number of carbonyl (C=O) groups is 2. The number of carbonyl (C=O) groups excluding carboxylic acids is 2. The Hall–Kier alpha value is -2.02. The first-order valence-electron chi connectivity index (χ1n) is 9.24.